The molecule has 3 fully saturated rings. The molecular weight excluding hydrogens is 236 g/mol. The summed E-state index contributed by atoms with van der Waals surface area (Å²) in [7, 11) is 4.57. The lowest BCUT2D eigenvalue weighted by atomic mass is 9.60. The van der Waals surface area contributed by atoms with E-state index in [0.29, 0.717) is 5.41 Å². The van der Waals surface area contributed by atoms with Gasteiger partial charge in [0.2, 0.25) is 0 Å². The third-order valence-corrected chi connectivity index (χ3v) is 5.20. The fourth-order valence-electron chi connectivity index (χ4n) is 4.18. The normalized spacial score (nSPS) is 28.7. The van der Waals surface area contributed by atoms with E-state index in [1.54, 1.807) is 0 Å². The van der Waals surface area contributed by atoms with Gasteiger partial charge in [0, 0.05) is 38.3 Å². The van der Waals surface area contributed by atoms with Crippen molar-refractivity contribution in [3.63, 3.8) is 0 Å². The Morgan fingerprint density at radius 2 is 1.58 bits per heavy atom. The predicted octanol–water partition coefficient (Wildman–Crippen LogP) is 1.38. The molecule has 1 spiro atoms. The third-order valence-electron chi connectivity index (χ3n) is 5.20. The van der Waals surface area contributed by atoms with Gasteiger partial charge in [-0.2, -0.15) is 0 Å². The number of hydrogen-bond donors (Lipinski definition) is 1. The quantitative estimate of drug-likeness (QED) is 0.768. The second-order valence-corrected chi connectivity index (χ2v) is 6.67. The summed E-state index contributed by atoms with van der Waals surface area (Å²) in [5.41, 5.74) is 0.711. The molecule has 2 saturated heterocycles. The van der Waals surface area contributed by atoms with Crippen LogP contribution in [0.4, 0.5) is 0 Å². The molecule has 1 saturated carbocycles. The van der Waals surface area contributed by atoms with Gasteiger partial charge in [0.25, 0.3) is 0 Å². The monoisotopic (exact) mass is 268 g/mol. The van der Waals surface area contributed by atoms with Gasteiger partial charge in [-0.05, 0) is 45.2 Å². The Bertz CT molecular complexity index is 272. The number of nitrogens with two attached hydrogens (primary N) is 1. The molecule has 2 heterocycles. The molecule has 0 aromatic carbocycles. The Hall–Kier alpha value is -0.160. The molecule has 0 aromatic rings. The van der Waals surface area contributed by atoms with Crippen LogP contribution in [0.3, 0.4) is 0 Å². The topological polar surface area (TPSA) is 35.7 Å². The van der Waals surface area contributed by atoms with E-state index in [-0.39, 0.29) is 0 Å². The van der Waals surface area contributed by atoms with Crippen molar-refractivity contribution in [1.82, 2.24) is 14.8 Å². The van der Waals surface area contributed by atoms with Crippen molar-refractivity contribution < 1.29 is 0 Å². The first-order valence-electron chi connectivity index (χ1n) is 7.98. The fourth-order valence-corrected chi connectivity index (χ4v) is 4.18. The van der Waals surface area contributed by atoms with Crippen molar-refractivity contribution in [3.8, 4) is 0 Å². The van der Waals surface area contributed by atoms with Crippen molar-refractivity contribution in [1.29, 1.82) is 0 Å². The first kappa shape index (κ1) is 15.2. The molecule has 0 bridgehead atoms. The predicted molar refractivity (Wildman–Crippen MR) is 80.8 cm³/mol. The minimum Gasteiger partial charge on any atom is -0.305 e. The van der Waals surface area contributed by atoms with Crippen LogP contribution in [0.25, 0.3) is 0 Å². The molecule has 2 aliphatic heterocycles. The van der Waals surface area contributed by atoms with E-state index in [0.717, 1.165) is 25.2 Å². The van der Waals surface area contributed by atoms with Crippen LogP contribution in [0.1, 0.15) is 39.5 Å². The zero-order valence-electron chi connectivity index (χ0n) is 13.2. The van der Waals surface area contributed by atoms with Gasteiger partial charge in [0.1, 0.15) is 0 Å². The van der Waals surface area contributed by atoms with Crippen molar-refractivity contribution in [2.24, 2.45) is 11.3 Å². The van der Waals surface area contributed by atoms with Crippen LogP contribution in [0.2, 0.25) is 0 Å². The number of rotatable bonds is 2. The van der Waals surface area contributed by atoms with E-state index in [1.807, 2.05) is 18.9 Å². The Kier molecular flexibility index (Phi) is 4.88. The summed E-state index contributed by atoms with van der Waals surface area (Å²) in [6.07, 6.45) is 5.35. The molecule has 0 aromatic heterocycles. The Morgan fingerprint density at radius 3 is 2.05 bits per heavy atom. The van der Waals surface area contributed by atoms with Crippen LogP contribution in [-0.4, -0.2) is 67.2 Å². The first-order chi connectivity index (χ1) is 9.08. The standard InChI is InChI=1S/C13H26N4.C2H6/c1-15-9-13(10-15)7-12(8-13)16(2)11-3-5-17(14)6-4-11;1-2/h11-12H,3-10,14H2,1-2H3;1-2H3. The van der Waals surface area contributed by atoms with E-state index in [4.69, 9.17) is 5.84 Å². The molecule has 4 heteroatoms. The average molecular weight is 268 g/mol. The molecule has 2 N–H and O–H groups in total. The zero-order valence-corrected chi connectivity index (χ0v) is 13.2. The number of piperidine rings is 1. The van der Waals surface area contributed by atoms with Crippen molar-refractivity contribution >= 4 is 0 Å². The molecule has 1 aliphatic carbocycles. The molecular formula is C15H32N4. The number of likely N-dealkylation sites (tertiary alicyclic amines) is 1. The highest BCUT2D eigenvalue weighted by Gasteiger charge is 2.52. The number of hydrogen-bond acceptors (Lipinski definition) is 4. The highest BCUT2D eigenvalue weighted by atomic mass is 15.4. The van der Waals surface area contributed by atoms with Crippen LogP contribution in [0.15, 0.2) is 0 Å². The minimum atomic E-state index is 0.711. The molecule has 3 rings (SSSR count). The SMILES string of the molecule is CC.CN1CC2(CC(N(C)C3CCN(N)CC3)C2)C1. The van der Waals surface area contributed by atoms with Gasteiger partial charge >= 0.3 is 0 Å². The molecule has 0 amide bonds. The van der Waals surface area contributed by atoms with Crippen molar-refractivity contribution in [3.05, 3.63) is 0 Å². The molecule has 112 valence electrons. The van der Waals surface area contributed by atoms with Gasteiger partial charge in [-0.25, -0.2) is 5.01 Å². The van der Waals surface area contributed by atoms with Gasteiger partial charge in [0.05, 0.1) is 0 Å². The lowest BCUT2D eigenvalue weighted by Crippen LogP contribution is -2.66. The minimum absolute atomic E-state index is 0.711. The summed E-state index contributed by atoms with van der Waals surface area (Å²) in [6, 6.07) is 1.62. The zero-order chi connectivity index (χ0) is 14.0. The maximum atomic E-state index is 5.82. The van der Waals surface area contributed by atoms with Gasteiger partial charge in [-0.15, -0.1) is 0 Å². The maximum absolute atomic E-state index is 5.82. The van der Waals surface area contributed by atoms with E-state index < -0.39 is 0 Å². The highest BCUT2D eigenvalue weighted by molar-refractivity contribution is 5.07. The summed E-state index contributed by atoms with van der Waals surface area (Å²) >= 11 is 0. The molecule has 0 radical (unpaired) electrons. The van der Waals surface area contributed by atoms with E-state index in [2.05, 4.69) is 23.9 Å². The number of hydrazine groups is 1. The van der Waals surface area contributed by atoms with Crippen LogP contribution >= 0.6 is 0 Å². The van der Waals surface area contributed by atoms with Gasteiger partial charge in [-0.1, -0.05) is 13.8 Å². The smallest absolute Gasteiger partial charge is 0.0143 e. The summed E-state index contributed by atoms with van der Waals surface area (Å²) in [5.74, 6) is 5.82. The Morgan fingerprint density at radius 1 is 1.05 bits per heavy atom. The molecule has 0 unspecified atom stereocenters. The van der Waals surface area contributed by atoms with Crippen LogP contribution in [-0.2, 0) is 0 Å². The second-order valence-electron chi connectivity index (χ2n) is 6.67. The van der Waals surface area contributed by atoms with Gasteiger partial charge in [0.15, 0.2) is 0 Å². The Balaban J connectivity index is 0.000000637. The highest BCUT2D eigenvalue weighted by Crippen LogP contribution is 2.49. The van der Waals surface area contributed by atoms with Crippen molar-refractivity contribution in [2.45, 2.75) is 51.6 Å². The summed E-state index contributed by atoms with van der Waals surface area (Å²) in [4.78, 5) is 5.10. The largest absolute Gasteiger partial charge is 0.305 e. The molecule has 19 heavy (non-hydrogen) atoms. The molecule has 4 nitrogen and oxygen atoms in total. The van der Waals surface area contributed by atoms with Crippen LogP contribution < -0.4 is 5.84 Å². The van der Waals surface area contributed by atoms with E-state index in [1.165, 1.54) is 38.8 Å². The maximum Gasteiger partial charge on any atom is 0.0143 e. The number of nitrogens with zero attached hydrogens (tertiary/aromatic N) is 3. The molecule has 3 aliphatic rings. The van der Waals surface area contributed by atoms with Crippen LogP contribution in [0, 0.1) is 5.41 Å². The lowest BCUT2D eigenvalue weighted by molar-refractivity contribution is -0.105. The second kappa shape index (κ2) is 6.08. The first-order valence-corrected chi connectivity index (χ1v) is 7.98. The fraction of sp³-hybridized carbons (Fsp3) is 1.00. The average Bonchev–Trinajstić information content (AvgIpc) is 2.34. The molecule has 0 atom stereocenters. The third kappa shape index (κ3) is 3.13. The summed E-state index contributed by atoms with van der Waals surface area (Å²) < 4.78 is 0. The summed E-state index contributed by atoms with van der Waals surface area (Å²) in [5, 5.41) is 1.97. The van der Waals surface area contributed by atoms with Gasteiger partial charge < -0.3 is 9.80 Å². The van der Waals surface area contributed by atoms with Crippen molar-refractivity contribution in [2.75, 3.05) is 40.3 Å². The summed E-state index contributed by atoms with van der Waals surface area (Å²) in [6.45, 7) is 8.79. The van der Waals surface area contributed by atoms with E-state index in [9.17, 15) is 0 Å². The Labute approximate surface area is 118 Å². The van der Waals surface area contributed by atoms with Gasteiger partial charge in [-0.3, -0.25) is 5.84 Å². The lowest BCUT2D eigenvalue weighted by Gasteiger charge is -2.61. The van der Waals surface area contributed by atoms with E-state index >= 15 is 0 Å². The van der Waals surface area contributed by atoms with Crippen LogP contribution in [0.5, 0.6) is 0 Å².